The molecule has 0 N–H and O–H groups in total. The van der Waals surface area contributed by atoms with Crippen molar-refractivity contribution in [3.05, 3.63) is 28.5 Å². The fourth-order valence-electron chi connectivity index (χ4n) is 0.618. The van der Waals surface area contributed by atoms with Crippen molar-refractivity contribution in [1.29, 1.82) is 5.26 Å². The van der Waals surface area contributed by atoms with Gasteiger partial charge in [0.1, 0.15) is 6.07 Å². The fourth-order valence-corrected chi connectivity index (χ4v) is 0.772. The molecule has 0 aliphatic heterocycles. The largest absolute Gasteiger partial charge is 0.244 e. The number of halogens is 1. The first kappa shape index (κ1) is 7.04. The summed E-state index contributed by atoms with van der Waals surface area (Å²) < 4.78 is 0. The van der Waals surface area contributed by atoms with E-state index in [1.54, 1.807) is 12.3 Å². The lowest BCUT2D eigenvalue weighted by Gasteiger charge is -1.95. The molecule has 0 spiro atoms. The van der Waals surface area contributed by atoms with E-state index >= 15 is 0 Å². The van der Waals surface area contributed by atoms with E-state index < -0.39 is 0 Å². The molecule has 0 aromatic carbocycles. The number of nitriles is 1. The van der Waals surface area contributed by atoms with Gasteiger partial charge in [0.25, 0.3) is 0 Å². The highest BCUT2D eigenvalue weighted by Gasteiger charge is 2.00. The SMILES string of the molecule is Cc1ccnc(C#N)c1Cl. The molecule has 1 rings (SSSR count). The Hall–Kier alpha value is -1.07. The first-order valence-corrected chi connectivity index (χ1v) is 3.14. The average Bonchev–Trinajstić information content (AvgIpc) is 1.95. The quantitative estimate of drug-likeness (QED) is 0.570. The van der Waals surface area contributed by atoms with Gasteiger partial charge in [-0.25, -0.2) is 4.98 Å². The lowest BCUT2D eigenvalue weighted by Crippen LogP contribution is -1.85. The summed E-state index contributed by atoms with van der Waals surface area (Å²) in [4.78, 5) is 3.76. The molecule has 0 radical (unpaired) electrons. The van der Waals surface area contributed by atoms with Crippen molar-refractivity contribution < 1.29 is 0 Å². The monoisotopic (exact) mass is 152 g/mol. The molecule has 10 heavy (non-hydrogen) atoms. The molecular formula is C7H5ClN2. The summed E-state index contributed by atoms with van der Waals surface area (Å²) in [6.07, 6.45) is 1.57. The van der Waals surface area contributed by atoms with Crippen LogP contribution in [0, 0.1) is 18.3 Å². The van der Waals surface area contributed by atoms with E-state index in [0.29, 0.717) is 10.7 Å². The maximum atomic E-state index is 8.45. The molecule has 0 saturated carbocycles. The van der Waals surface area contributed by atoms with Crippen molar-refractivity contribution in [3.63, 3.8) is 0 Å². The summed E-state index contributed by atoms with van der Waals surface area (Å²) in [6, 6.07) is 3.66. The Kier molecular flexibility index (Phi) is 1.88. The third kappa shape index (κ3) is 1.09. The van der Waals surface area contributed by atoms with Crippen LogP contribution in [0.25, 0.3) is 0 Å². The summed E-state index contributed by atoms with van der Waals surface area (Å²) in [7, 11) is 0. The molecule has 0 amide bonds. The van der Waals surface area contributed by atoms with Crippen LogP contribution in [-0.2, 0) is 0 Å². The van der Waals surface area contributed by atoms with E-state index in [2.05, 4.69) is 4.98 Å². The average molecular weight is 153 g/mol. The molecule has 0 aliphatic rings. The van der Waals surface area contributed by atoms with E-state index in [-0.39, 0.29) is 0 Å². The topological polar surface area (TPSA) is 36.7 Å². The van der Waals surface area contributed by atoms with Crippen molar-refractivity contribution in [2.75, 3.05) is 0 Å². The number of rotatable bonds is 0. The number of pyridine rings is 1. The molecule has 2 nitrogen and oxygen atoms in total. The van der Waals surface area contributed by atoms with Gasteiger partial charge in [0, 0.05) is 6.20 Å². The van der Waals surface area contributed by atoms with E-state index in [0.717, 1.165) is 5.56 Å². The molecule has 0 bridgehead atoms. The molecule has 0 fully saturated rings. The Bertz CT molecular complexity index is 288. The number of hydrogen-bond donors (Lipinski definition) is 0. The van der Waals surface area contributed by atoms with Gasteiger partial charge < -0.3 is 0 Å². The van der Waals surface area contributed by atoms with Crippen molar-refractivity contribution in [1.82, 2.24) is 4.98 Å². The Balaban J connectivity index is 3.31. The second kappa shape index (κ2) is 2.68. The second-order valence-corrected chi connectivity index (χ2v) is 2.28. The highest BCUT2D eigenvalue weighted by Crippen LogP contribution is 2.16. The van der Waals surface area contributed by atoms with E-state index in [1.807, 2.05) is 13.0 Å². The van der Waals surface area contributed by atoms with Crippen LogP contribution in [0.15, 0.2) is 12.3 Å². The van der Waals surface area contributed by atoms with E-state index in [9.17, 15) is 0 Å². The minimum Gasteiger partial charge on any atom is -0.244 e. The van der Waals surface area contributed by atoms with Crippen molar-refractivity contribution in [2.24, 2.45) is 0 Å². The Morgan fingerprint density at radius 3 is 2.90 bits per heavy atom. The molecule has 0 atom stereocenters. The van der Waals surface area contributed by atoms with Crippen LogP contribution >= 0.6 is 11.6 Å². The van der Waals surface area contributed by atoms with Crippen LogP contribution in [0.4, 0.5) is 0 Å². The van der Waals surface area contributed by atoms with Crippen LogP contribution in [0.3, 0.4) is 0 Å². The third-order valence-corrected chi connectivity index (χ3v) is 1.67. The zero-order valence-electron chi connectivity index (χ0n) is 5.43. The summed E-state index contributed by atoms with van der Waals surface area (Å²) in [5.74, 6) is 0. The highest BCUT2D eigenvalue weighted by atomic mass is 35.5. The van der Waals surface area contributed by atoms with Gasteiger partial charge in [-0.15, -0.1) is 0 Å². The summed E-state index contributed by atoms with van der Waals surface area (Å²) in [6.45, 7) is 1.84. The normalized spacial score (nSPS) is 8.90. The van der Waals surface area contributed by atoms with Gasteiger partial charge in [-0.2, -0.15) is 5.26 Å². The smallest absolute Gasteiger partial charge is 0.159 e. The molecule has 0 aliphatic carbocycles. The first-order chi connectivity index (χ1) is 4.75. The second-order valence-electron chi connectivity index (χ2n) is 1.90. The molecule has 50 valence electrons. The van der Waals surface area contributed by atoms with E-state index in [4.69, 9.17) is 16.9 Å². The molecule has 1 heterocycles. The number of nitrogens with zero attached hydrogens (tertiary/aromatic N) is 2. The zero-order chi connectivity index (χ0) is 7.56. The van der Waals surface area contributed by atoms with Gasteiger partial charge in [0.05, 0.1) is 5.02 Å². The predicted molar refractivity (Wildman–Crippen MR) is 38.7 cm³/mol. The van der Waals surface area contributed by atoms with Crippen LogP contribution < -0.4 is 0 Å². The molecule has 1 aromatic rings. The van der Waals surface area contributed by atoms with Gasteiger partial charge in [0.15, 0.2) is 5.69 Å². The van der Waals surface area contributed by atoms with Crippen LogP contribution in [0.5, 0.6) is 0 Å². The van der Waals surface area contributed by atoms with Crippen molar-refractivity contribution >= 4 is 11.6 Å². The van der Waals surface area contributed by atoms with Gasteiger partial charge >= 0.3 is 0 Å². The van der Waals surface area contributed by atoms with E-state index in [1.165, 1.54) is 0 Å². The van der Waals surface area contributed by atoms with Crippen LogP contribution in [0.2, 0.25) is 5.02 Å². The summed E-state index contributed by atoms with van der Waals surface area (Å²) in [5.41, 5.74) is 1.18. The molecular weight excluding hydrogens is 148 g/mol. The lowest BCUT2D eigenvalue weighted by molar-refractivity contribution is 1.23. The summed E-state index contributed by atoms with van der Waals surface area (Å²) >= 11 is 5.71. The molecule has 1 aromatic heterocycles. The maximum Gasteiger partial charge on any atom is 0.159 e. The Morgan fingerprint density at radius 2 is 2.40 bits per heavy atom. The van der Waals surface area contributed by atoms with Gasteiger partial charge in [0.2, 0.25) is 0 Å². The lowest BCUT2D eigenvalue weighted by atomic mass is 10.2. The van der Waals surface area contributed by atoms with Gasteiger partial charge in [-0.1, -0.05) is 11.6 Å². The van der Waals surface area contributed by atoms with Gasteiger partial charge in [-0.3, -0.25) is 0 Å². The minimum atomic E-state index is 0.293. The minimum absolute atomic E-state index is 0.293. The van der Waals surface area contributed by atoms with Gasteiger partial charge in [-0.05, 0) is 18.6 Å². The van der Waals surface area contributed by atoms with Crippen molar-refractivity contribution in [3.8, 4) is 6.07 Å². The number of aromatic nitrogens is 1. The standard InChI is InChI=1S/C7H5ClN2/c1-5-2-3-10-6(4-9)7(5)8/h2-3H,1H3. The Labute approximate surface area is 64.1 Å². The van der Waals surface area contributed by atoms with Crippen molar-refractivity contribution in [2.45, 2.75) is 6.92 Å². The highest BCUT2D eigenvalue weighted by molar-refractivity contribution is 6.32. The first-order valence-electron chi connectivity index (χ1n) is 2.77. The number of hydrogen-bond acceptors (Lipinski definition) is 2. The molecule has 0 saturated heterocycles. The predicted octanol–water partition coefficient (Wildman–Crippen LogP) is 1.92. The molecule has 3 heteroatoms. The van der Waals surface area contributed by atoms with Crippen LogP contribution in [0.1, 0.15) is 11.3 Å². The third-order valence-electron chi connectivity index (χ3n) is 1.19. The fraction of sp³-hybridized carbons (Fsp3) is 0.143. The van der Waals surface area contributed by atoms with Crippen LogP contribution in [-0.4, -0.2) is 4.98 Å². The zero-order valence-corrected chi connectivity index (χ0v) is 6.18. The summed E-state index contributed by atoms with van der Waals surface area (Å²) in [5, 5.41) is 8.90. The molecule has 0 unspecified atom stereocenters. The maximum absolute atomic E-state index is 8.45. The number of aryl methyl sites for hydroxylation is 1. The Morgan fingerprint density at radius 1 is 1.70 bits per heavy atom.